The van der Waals surface area contributed by atoms with Gasteiger partial charge < -0.3 is 24.1 Å². The average Bonchev–Trinajstić information content (AvgIpc) is 3.44. The van der Waals surface area contributed by atoms with Gasteiger partial charge in [0, 0.05) is 25.1 Å². The van der Waals surface area contributed by atoms with Gasteiger partial charge in [-0.05, 0) is 37.3 Å². The van der Waals surface area contributed by atoms with Crippen molar-refractivity contribution in [1.29, 1.82) is 0 Å². The monoisotopic (exact) mass is 434 g/mol. The van der Waals surface area contributed by atoms with Crippen LogP contribution in [-0.4, -0.2) is 35.0 Å². The van der Waals surface area contributed by atoms with Crippen LogP contribution in [0.3, 0.4) is 0 Å². The number of furan rings is 1. The highest BCUT2D eigenvalue weighted by Gasteiger charge is 2.38. The minimum absolute atomic E-state index is 0.115. The molecule has 1 aliphatic rings. The molecule has 1 atom stereocenters. The van der Waals surface area contributed by atoms with Gasteiger partial charge in [0.2, 0.25) is 11.8 Å². The Hall–Kier alpha value is -3.74. The zero-order valence-electron chi connectivity index (χ0n) is 17.9. The number of phenolic OH excluding ortho intramolecular Hbond substituents is 1. The number of para-hydroxylation sites is 3. The lowest BCUT2D eigenvalue weighted by Gasteiger charge is -2.25. The number of ether oxygens (including phenoxy) is 1. The molecule has 0 bridgehead atoms. The summed E-state index contributed by atoms with van der Waals surface area (Å²) in [5.74, 6) is 0.609. The second-order valence-corrected chi connectivity index (χ2v) is 7.71. The first-order chi connectivity index (χ1) is 15.6. The number of benzene rings is 2. The Morgan fingerprint density at radius 2 is 1.91 bits per heavy atom. The highest BCUT2D eigenvalue weighted by molar-refractivity contribution is 6.01. The Morgan fingerprint density at radius 1 is 1.12 bits per heavy atom. The largest absolute Gasteiger partial charge is 0.508 e. The van der Waals surface area contributed by atoms with Crippen LogP contribution >= 0.6 is 0 Å². The molecule has 1 N–H and O–H groups in total. The fourth-order valence-corrected chi connectivity index (χ4v) is 3.97. The minimum Gasteiger partial charge on any atom is -0.508 e. The third-order valence-corrected chi connectivity index (χ3v) is 5.52. The van der Waals surface area contributed by atoms with E-state index in [0.717, 1.165) is 0 Å². The highest BCUT2D eigenvalue weighted by Crippen LogP contribution is 2.34. The Kier molecular flexibility index (Phi) is 6.44. The van der Waals surface area contributed by atoms with Gasteiger partial charge in [-0.3, -0.25) is 9.59 Å². The molecule has 2 heterocycles. The van der Waals surface area contributed by atoms with Crippen molar-refractivity contribution in [3.8, 4) is 11.5 Å². The molecule has 0 radical (unpaired) electrons. The maximum absolute atomic E-state index is 13.5. The predicted octanol–water partition coefficient (Wildman–Crippen LogP) is 3.97. The van der Waals surface area contributed by atoms with Gasteiger partial charge in [0.1, 0.15) is 17.3 Å². The van der Waals surface area contributed by atoms with Crippen molar-refractivity contribution in [1.82, 2.24) is 4.90 Å². The van der Waals surface area contributed by atoms with Crippen molar-refractivity contribution in [2.24, 2.45) is 5.92 Å². The van der Waals surface area contributed by atoms with Crippen LogP contribution in [0.5, 0.6) is 11.5 Å². The third-order valence-electron chi connectivity index (χ3n) is 5.52. The number of amides is 2. The Morgan fingerprint density at radius 3 is 2.66 bits per heavy atom. The van der Waals surface area contributed by atoms with Gasteiger partial charge in [0.25, 0.3) is 0 Å². The molecule has 2 amide bonds. The zero-order valence-corrected chi connectivity index (χ0v) is 17.9. The van der Waals surface area contributed by atoms with Crippen molar-refractivity contribution in [3.63, 3.8) is 0 Å². The number of anilines is 1. The molecule has 0 spiro atoms. The van der Waals surface area contributed by atoms with E-state index in [4.69, 9.17) is 9.15 Å². The van der Waals surface area contributed by atoms with E-state index >= 15 is 0 Å². The number of carbonyl (C=O) groups is 2. The predicted molar refractivity (Wildman–Crippen MR) is 119 cm³/mol. The molecule has 1 unspecified atom stereocenters. The summed E-state index contributed by atoms with van der Waals surface area (Å²) in [6.07, 6.45) is 1.68. The standard InChI is InChI=1S/C25H26N2O5/c1-2-31-23-12-6-4-10-21(23)27-16-19(14-24(27)29)25(30)26(17-20-9-7-13-32-20)15-18-8-3-5-11-22(18)28/h3-13,19,28H,2,14-17H2,1H3. The van der Waals surface area contributed by atoms with Gasteiger partial charge in [-0.1, -0.05) is 30.3 Å². The minimum atomic E-state index is -0.502. The van der Waals surface area contributed by atoms with Gasteiger partial charge in [-0.25, -0.2) is 0 Å². The van der Waals surface area contributed by atoms with Crippen LogP contribution in [0.25, 0.3) is 0 Å². The maximum Gasteiger partial charge on any atom is 0.228 e. The van der Waals surface area contributed by atoms with Crippen molar-refractivity contribution in [3.05, 3.63) is 78.3 Å². The normalized spacial score (nSPS) is 15.7. The number of nitrogens with zero attached hydrogens (tertiary/aromatic N) is 2. The first-order valence-corrected chi connectivity index (χ1v) is 10.7. The Labute approximate surface area is 186 Å². The van der Waals surface area contributed by atoms with Crippen molar-refractivity contribution in [2.45, 2.75) is 26.4 Å². The van der Waals surface area contributed by atoms with Crippen molar-refractivity contribution >= 4 is 17.5 Å². The molecule has 2 aromatic carbocycles. The van der Waals surface area contributed by atoms with E-state index in [2.05, 4.69) is 0 Å². The van der Waals surface area contributed by atoms with Crippen LogP contribution in [-0.2, 0) is 22.7 Å². The van der Waals surface area contributed by atoms with Gasteiger partial charge in [-0.15, -0.1) is 0 Å². The van der Waals surface area contributed by atoms with E-state index in [0.29, 0.717) is 29.4 Å². The summed E-state index contributed by atoms with van der Waals surface area (Å²) >= 11 is 0. The quantitative estimate of drug-likeness (QED) is 0.580. The van der Waals surface area contributed by atoms with E-state index in [1.54, 1.807) is 46.4 Å². The number of hydrogen-bond acceptors (Lipinski definition) is 5. The maximum atomic E-state index is 13.5. The number of hydrogen-bond donors (Lipinski definition) is 1. The van der Waals surface area contributed by atoms with Gasteiger partial charge >= 0.3 is 0 Å². The summed E-state index contributed by atoms with van der Waals surface area (Å²) in [7, 11) is 0. The summed E-state index contributed by atoms with van der Waals surface area (Å²) in [5.41, 5.74) is 1.31. The van der Waals surface area contributed by atoms with Crippen LogP contribution in [0.1, 0.15) is 24.7 Å². The fourth-order valence-electron chi connectivity index (χ4n) is 3.97. The number of aromatic hydroxyl groups is 1. The van der Waals surface area contributed by atoms with Crippen molar-refractivity contribution in [2.75, 3.05) is 18.1 Å². The topological polar surface area (TPSA) is 83.2 Å². The molecule has 32 heavy (non-hydrogen) atoms. The number of rotatable bonds is 8. The fraction of sp³-hybridized carbons (Fsp3) is 0.280. The molecule has 4 rings (SSSR count). The number of phenols is 1. The molecule has 7 nitrogen and oxygen atoms in total. The Bertz CT molecular complexity index is 1080. The lowest BCUT2D eigenvalue weighted by atomic mass is 10.1. The summed E-state index contributed by atoms with van der Waals surface area (Å²) in [4.78, 5) is 29.6. The van der Waals surface area contributed by atoms with Gasteiger partial charge in [0.15, 0.2) is 0 Å². The van der Waals surface area contributed by atoms with E-state index in [1.165, 1.54) is 0 Å². The van der Waals surface area contributed by atoms with E-state index in [9.17, 15) is 14.7 Å². The SMILES string of the molecule is CCOc1ccccc1N1CC(C(=O)N(Cc2ccco2)Cc2ccccc2O)CC1=O. The molecule has 166 valence electrons. The summed E-state index contributed by atoms with van der Waals surface area (Å²) in [6.45, 7) is 3.11. The average molecular weight is 434 g/mol. The first-order valence-electron chi connectivity index (χ1n) is 10.7. The van der Waals surface area contributed by atoms with Crippen LogP contribution in [0, 0.1) is 5.92 Å². The van der Waals surface area contributed by atoms with Crippen molar-refractivity contribution < 1.29 is 23.8 Å². The molecule has 1 aliphatic heterocycles. The molecule has 3 aromatic rings. The Balaban J connectivity index is 1.56. The van der Waals surface area contributed by atoms with Crippen LogP contribution in [0.4, 0.5) is 5.69 Å². The first kappa shape index (κ1) is 21.5. The van der Waals surface area contributed by atoms with Crippen LogP contribution in [0.15, 0.2) is 71.3 Å². The molecule has 7 heteroatoms. The van der Waals surface area contributed by atoms with Crippen LogP contribution in [0.2, 0.25) is 0 Å². The van der Waals surface area contributed by atoms with E-state index in [-0.39, 0.29) is 43.6 Å². The molecular formula is C25H26N2O5. The third kappa shape index (κ3) is 4.61. The second kappa shape index (κ2) is 9.60. The smallest absolute Gasteiger partial charge is 0.228 e. The molecule has 1 saturated heterocycles. The molecule has 0 saturated carbocycles. The van der Waals surface area contributed by atoms with Crippen LogP contribution < -0.4 is 9.64 Å². The summed E-state index contributed by atoms with van der Waals surface area (Å²) in [6, 6.07) is 17.9. The molecule has 0 aliphatic carbocycles. The molecule has 1 aromatic heterocycles. The number of carbonyl (C=O) groups excluding carboxylic acids is 2. The lowest BCUT2D eigenvalue weighted by Crippen LogP contribution is -2.36. The molecular weight excluding hydrogens is 408 g/mol. The summed E-state index contributed by atoms with van der Waals surface area (Å²) < 4.78 is 11.1. The lowest BCUT2D eigenvalue weighted by molar-refractivity contribution is -0.137. The second-order valence-electron chi connectivity index (χ2n) is 7.71. The molecule has 1 fully saturated rings. The highest BCUT2D eigenvalue weighted by atomic mass is 16.5. The van der Waals surface area contributed by atoms with E-state index in [1.807, 2.05) is 37.3 Å². The zero-order chi connectivity index (χ0) is 22.5. The van der Waals surface area contributed by atoms with Gasteiger partial charge in [-0.2, -0.15) is 0 Å². The van der Waals surface area contributed by atoms with Gasteiger partial charge in [0.05, 0.1) is 31.0 Å². The van der Waals surface area contributed by atoms with E-state index < -0.39 is 5.92 Å². The summed E-state index contributed by atoms with van der Waals surface area (Å²) in [5, 5.41) is 10.2.